The first-order chi connectivity index (χ1) is 8.03. The minimum atomic E-state index is -0.291. The summed E-state index contributed by atoms with van der Waals surface area (Å²) in [5.74, 6) is 0. The molecule has 17 heavy (non-hydrogen) atoms. The Kier molecular flexibility index (Phi) is 3.56. The van der Waals surface area contributed by atoms with Crippen LogP contribution in [0.4, 0.5) is 0 Å². The zero-order valence-electron chi connectivity index (χ0n) is 10.2. The molecule has 2 atom stereocenters. The summed E-state index contributed by atoms with van der Waals surface area (Å²) in [6, 6.07) is 11.5. The highest BCUT2D eigenvalue weighted by molar-refractivity contribution is 9.10. The zero-order chi connectivity index (χ0) is 12.5. The second-order valence-corrected chi connectivity index (χ2v) is 6.15. The van der Waals surface area contributed by atoms with E-state index in [4.69, 9.17) is 5.26 Å². The second kappa shape index (κ2) is 4.80. The van der Waals surface area contributed by atoms with Crippen LogP contribution in [0.25, 0.3) is 0 Å². The van der Waals surface area contributed by atoms with E-state index in [9.17, 15) is 0 Å². The highest BCUT2D eigenvalue weighted by Crippen LogP contribution is 2.35. The fourth-order valence-electron chi connectivity index (χ4n) is 2.38. The summed E-state index contributed by atoms with van der Waals surface area (Å²) in [6.07, 6.45) is 2.17. The van der Waals surface area contributed by atoms with E-state index in [1.807, 2.05) is 19.9 Å². The Balaban J connectivity index is 2.11. The van der Waals surface area contributed by atoms with Crippen molar-refractivity contribution in [3.63, 3.8) is 0 Å². The van der Waals surface area contributed by atoms with Crippen LogP contribution in [0.2, 0.25) is 0 Å². The van der Waals surface area contributed by atoms with E-state index in [-0.39, 0.29) is 11.5 Å². The molecule has 2 nitrogen and oxygen atoms in total. The third-order valence-electron chi connectivity index (χ3n) is 3.56. The van der Waals surface area contributed by atoms with Gasteiger partial charge in [-0.25, -0.2) is 0 Å². The van der Waals surface area contributed by atoms with Gasteiger partial charge >= 0.3 is 0 Å². The molecule has 0 aliphatic carbocycles. The van der Waals surface area contributed by atoms with E-state index in [1.165, 1.54) is 5.56 Å². The van der Waals surface area contributed by atoms with Gasteiger partial charge in [-0.2, -0.15) is 5.26 Å². The Bertz CT molecular complexity index is 448. The first-order valence-electron chi connectivity index (χ1n) is 5.96. The molecule has 1 fully saturated rings. The average Bonchev–Trinajstić information content (AvgIpc) is 2.79. The van der Waals surface area contributed by atoms with Crippen molar-refractivity contribution in [3.05, 3.63) is 34.3 Å². The number of benzene rings is 1. The molecule has 0 radical (unpaired) electrons. The van der Waals surface area contributed by atoms with Gasteiger partial charge in [0, 0.05) is 16.6 Å². The predicted octanol–water partition coefficient (Wildman–Crippen LogP) is 3.79. The van der Waals surface area contributed by atoms with Crippen molar-refractivity contribution in [1.82, 2.24) is 5.32 Å². The van der Waals surface area contributed by atoms with Crippen LogP contribution >= 0.6 is 15.9 Å². The van der Waals surface area contributed by atoms with Crippen LogP contribution in [0.5, 0.6) is 0 Å². The van der Waals surface area contributed by atoms with Crippen molar-refractivity contribution >= 4 is 15.9 Å². The average molecular weight is 293 g/mol. The van der Waals surface area contributed by atoms with E-state index in [2.05, 4.69) is 45.5 Å². The summed E-state index contributed by atoms with van der Waals surface area (Å²) in [6.45, 7) is 4.02. The van der Waals surface area contributed by atoms with Gasteiger partial charge in [0.1, 0.15) is 0 Å². The summed E-state index contributed by atoms with van der Waals surface area (Å²) >= 11 is 3.50. The summed E-state index contributed by atoms with van der Waals surface area (Å²) in [5.41, 5.74) is 1.01. The number of halogens is 1. The highest BCUT2D eigenvalue weighted by Gasteiger charge is 2.36. The molecule has 1 aliphatic rings. The molecule has 0 amide bonds. The molecule has 0 unspecified atom stereocenters. The minimum absolute atomic E-state index is 0.288. The number of hydrogen-bond donors (Lipinski definition) is 1. The summed E-state index contributed by atoms with van der Waals surface area (Å²) in [5, 5.41) is 12.7. The van der Waals surface area contributed by atoms with Crippen LogP contribution in [0.15, 0.2) is 28.7 Å². The van der Waals surface area contributed by atoms with Crippen molar-refractivity contribution < 1.29 is 0 Å². The molecule has 1 N–H and O–H groups in total. The number of nitrogens with zero attached hydrogens (tertiary/aromatic N) is 1. The van der Waals surface area contributed by atoms with Gasteiger partial charge in [0.05, 0.1) is 11.5 Å². The second-order valence-electron chi connectivity index (χ2n) is 5.24. The lowest BCUT2D eigenvalue weighted by molar-refractivity contribution is 0.341. The van der Waals surface area contributed by atoms with Gasteiger partial charge in [-0.1, -0.05) is 28.1 Å². The Hall–Kier alpha value is -0.850. The van der Waals surface area contributed by atoms with Crippen molar-refractivity contribution in [2.75, 3.05) is 0 Å². The number of hydrogen-bond acceptors (Lipinski definition) is 2. The molecule has 0 bridgehead atoms. The molecule has 90 valence electrons. The lowest BCUT2D eigenvalue weighted by atomic mass is 9.85. The molecule has 1 aromatic rings. The smallest absolute Gasteiger partial charge is 0.0700 e. The van der Waals surface area contributed by atoms with Crippen LogP contribution in [-0.4, -0.2) is 6.04 Å². The maximum Gasteiger partial charge on any atom is 0.0700 e. The van der Waals surface area contributed by atoms with Crippen LogP contribution in [0.1, 0.15) is 38.3 Å². The van der Waals surface area contributed by atoms with Crippen LogP contribution in [0, 0.1) is 16.7 Å². The topological polar surface area (TPSA) is 35.8 Å². The van der Waals surface area contributed by atoms with E-state index in [1.54, 1.807) is 0 Å². The summed E-state index contributed by atoms with van der Waals surface area (Å²) in [7, 11) is 0. The van der Waals surface area contributed by atoms with Crippen molar-refractivity contribution in [2.45, 2.75) is 38.8 Å². The lowest BCUT2D eigenvalue weighted by Gasteiger charge is -2.25. The molecule has 3 heteroatoms. The van der Waals surface area contributed by atoms with Gasteiger partial charge in [-0.3, -0.25) is 0 Å². The highest BCUT2D eigenvalue weighted by atomic mass is 79.9. The largest absolute Gasteiger partial charge is 0.306 e. The van der Waals surface area contributed by atoms with Crippen LogP contribution < -0.4 is 5.32 Å². The standard InChI is InChI=1S/C14H17BrN2/c1-14(2,9-16)13-7-6-12(17-13)10-4-3-5-11(15)8-10/h3-5,8,12-13,17H,6-7H2,1-2H3/t12-,13+/m0/s1. The third kappa shape index (κ3) is 2.70. The van der Waals surface area contributed by atoms with E-state index in [0.717, 1.165) is 17.3 Å². The monoisotopic (exact) mass is 292 g/mol. The van der Waals surface area contributed by atoms with E-state index < -0.39 is 0 Å². The van der Waals surface area contributed by atoms with Crippen molar-refractivity contribution in [3.8, 4) is 6.07 Å². The maximum absolute atomic E-state index is 9.16. The van der Waals surface area contributed by atoms with Gasteiger partial charge in [-0.05, 0) is 44.4 Å². The van der Waals surface area contributed by atoms with E-state index in [0.29, 0.717) is 6.04 Å². The van der Waals surface area contributed by atoms with Gasteiger partial charge in [0.15, 0.2) is 0 Å². The Morgan fingerprint density at radius 1 is 1.41 bits per heavy atom. The van der Waals surface area contributed by atoms with Crippen molar-refractivity contribution in [2.24, 2.45) is 5.41 Å². The lowest BCUT2D eigenvalue weighted by Crippen LogP contribution is -2.37. The molecule has 0 saturated carbocycles. The molecule has 0 aromatic heterocycles. The third-order valence-corrected chi connectivity index (χ3v) is 4.05. The fourth-order valence-corrected chi connectivity index (χ4v) is 2.79. The minimum Gasteiger partial charge on any atom is -0.306 e. The molecule has 1 aromatic carbocycles. The molecular formula is C14H17BrN2. The van der Waals surface area contributed by atoms with Crippen LogP contribution in [-0.2, 0) is 0 Å². The number of rotatable bonds is 2. The fraction of sp³-hybridized carbons (Fsp3) is 0.500. The predicted molar refractivity (Wildman–Crippen MR) is 72.4 cm³/mol. The summed E-state index contributed by atoms with van der Waals surface area (Å²) in [4.78, 5) is 0. The molecule has 0 spiro atoms. The zero-order valence-corrected chi connectivity index (χ0v) is 11.8. The first kappa shape index (κ1) is 12.6. The number of nitriles is 1. The van der Waals surface area contributed by atoms with Gasteiger partial charge in [-0.15, -0.1) is 0 Å². The first-order valence-corrected chi connectivity index (χ1v) is 6.75. The van der Waals surface area contributed by atoms with E-state index >= 15 is 0 Å². The summed E-state index contributed by atoms with van der Waals surface area (Å²) < 4.78 is 1.11. The normalized spacial score (nSPS) is 24.6. The van der Waals surface area contributed by atoms with Gasteiger partial charge in [0.2, 0.25) is 0 Å². The number of nitrogens with one attached hydrogen (secondary N) is 1. The SMILES string of the molecule is CC(C)(C#N)[C@H]1CC[C@@H](c2cccc(Br)c2)N1. The quantitative estimate of drug-likeness (QED) is 0.900. The molecule has 1 aliphatic heterocycles. The molecule has 2 rings (SSSR count). The molecule has 1 heterocycles. The van der Waals surface area contributed by atoms with Gasteiger partial charge in [0.25, 0.3) is 0 Å². The Labute approximate surface area is 111 Å². The Morgan fingerprint density at radius 3 is 2.82 bits per heavy atom. The van der Waals surface area contributed by atoms with Gasteiger partial charge < -0.3 is 5.32 Å². The maximum atomic E-state index is 9.16. The molecular weight excluding hydrogens is 276 g/mol. The molecule has 1 saturated heterocycles. The van der Waals surface area contributed by atoms with Crippen molar-refractivity contribution in [1.29, 1.82) is 5.26 Å². The Morgan fingerprint density at radius 2 is 2.18 bits per heavy atom. The van der Waals surface area contributed by atoms with Crippen LogP contribution in [0.3, 0.4) is 0 Å².